The van der Waals surface area contributed by atoms with Gasteiger partial charge in [0.2, 0.25) is 15.9 Å². The molecule has 0 aromatic heterocycles. The Morgan fingerprint density at radius 2 is 1.89 bits per heavy atom. The summed E-state index contributed by atoms with van der Waals surface area (Å²) in [5, 5.41) is 7.42. The van der Waals surface area contributed by atoms with Crippen LogP contribution in [0, 0.1) is 0 Å². The van der Waals surface area contributed by atoms with E-state index in [-0.39, 0.29) is 10.8 Å². The van der Waals surface area contributed by atoms with Crippen LogP contribution in [0.1, 0.15) is 13.3 Å². The second-order valence-electron chi connectivity index (χ2n) is 5.98. The molecular weight excluding hydrogens is 388 g/mol. The van der Waals surface area contributed by atoms with Crippen molar-refractivity contribution in [1.29, 1.82) is 0 Å². The van der Waals surface area contributed by atoms with Gasteiger partial charge in [0, 0.05) is 17.0 Å². The number of amides is 1. The van der Waals surface area contributed by atoms with E-state index < -0.39 is 15.3 Å². The molecule has 1 atom stereocenters. The number of anilines is 1. The lowest BCUT2D eigenvalue weighted by molar-refractivity contribution is -0.115. The predicted octanol–water partition coefficient (Wildman–Crippen LogP) is 2.61. The maximum absolute atomic E-state index is 12.5. The minimum Gasteiger partial charge on any atom is -0.490 e. The first-order chi connectivity index (χ1) is 12.8. The van der Waals surface area contributed by atoms with Crippen LogP contribution >= 0.6 is 11.8 Å². The topological polar surface area (TPSA) is 108 Å². The molecule has 0 fully saturated rings. The number of hydrogen-bond donors (Lipinski definition) is 2. The van der Waals surface area contributed by atoms with E-state index in [1.165, 1.54) is 30.0 Å². The fourth-order valence-electron chi connectivity index (χ4n) is 2.47. The van der Waals surface area contributed by atoms with Crippen molar-refractivity contribution in [3.63, 3.8) is 0 Å². The zero-order valence-corrected chi connectivity index (χ0v) is 16.3. The predicted molar refractivity (Wildman–Crippen MR) is 104 cm³/mol. The van der Waals surface area contributed by atoms with Crippen LogP contribution in [-0.2, 0) is 14.8 Å². The van der Waals surface area contributed by atoms with Crippen molar-refractivity contribution < 1.29 is 22.7 Å². The Balaban J connectivity index is 1.67. The lowest BCUT2D eigenvalue weighted by Gasteiger charge is -2.14. The molecule has 0 saturated heterocycles. The lowest BCUT2D eigenvalue weighted by Crippen LogP contribution is -2.22. The van der Waals surface area contributed by atoms with Crippen LogP contribution in [0.15, 0.2) is 52.3 Å². The SMILES string of the molecule is C[C@H](Sc1ccc2c(c1)OCCCO2)C(=O)Nc1cccc(S(N)(=O)=O)c1. The molecule has 0 radical (unpaired) electrons. The molecule has 0 saturated carbocycles. The van der Waals surface area contributed by atoms with Crippen molar-refractivity contribution in [2.24, 2.45) is 5.14 Å². The number of sulfonamides is 1. The van der Waals surface area contributed by atoms with Crippen molar-refractivity contribution >= 4 is 33.4 Å². The van der Waals surface area contributed by atoms with E-state index in [1.807, 2.05) is 18.2 Å². The number of nitrogens with two attached hydrogens (primary N) is 1. The summed E-state index contributed by atoms with van der Waals surface area (Å²) in [5.74, 6) is 1.12. The number of thioether (sulfide) groups is 1. The van der Waals surface area contributed by atoms with Crippen LogP contribution in [0.25, 0.3) is 0 Å². The standard InChI is InChI=1S/C18H20N2O5S2/c1-12(18(21)20-13-4-2-5-15(10-13)27(19,22)23)26-14-6-7-16-17(11-14)25-9-3-8-24-16/h2,4-7,10-12H,3,8-9H2,1H3,(H,20,21)(H2,19,22,23)/t12-/m0/s1. The van der Waals surface area contributed by atoms with Crippen LogP contribution in [0.2, 0.25) is 0 Å². The van der Waals surface area contributed by atoms with Crippen LogP contribution < -0.4 is 19.9 Å². The van der Waals surface area contributed by atoms with Gasteiger partial charge in [0.1, 0.15) is 0 Å². The van der Waals surface area contributed by atoms with Crippen molar-refractivity contribution in [2.45, 2.75) is 28.4 Å². The number of fused-ring (bicyclic) bond motifs is 1. The Kier molecular flexibility index (Phi) is 5.93. The Morgan fingerprint density at radius 3 is 2.63 bits per heavy atom. The number of carbonyl (C=O) groups excluding carboxylic acids is 1. The molecule has 9 heteroatoms. The van der Waals surface area contributed by atoms with Crippen molar-refractivity contribution in [3.8, 4) is 11.5 Å². The van der Waals surface area contributed by atoms with Gasteiger partial charge in [-0.2, -0.15) is 0 Å². The molecule has 144 valence electrons. The number of rotatable bonds is 5. The molecule has 0 unspecified atom stereocenters. The molecule has 3 N–H and O–H groups in total. The summed E-state index contributed by atoms with van der Waals surface area (Å²) in [5.41, 5.74) is 0.373. The Bertz CT molecular complexity index is 947. The summed E-state index contributed by atoms with van der Waals surface area (Å²) in [6.07, 6.45) is 0.827. The smallest absolute Gasteiger partial charge is 0.238 e. The maximum Gasteiger partial charge on any atom is 0.238 e. The number of nitrogens with one attached hydrogen (secondary N) is 1. The zero-order valence-electron chi connectivity index (χ0n) is 14.7. The van der Waals surface area contributed by atoms with E-state index in [0.717, 1.165) is 11.3 Å². The number of carbonyl (C=O) groups is 1. The second kappa shape index (κ2) is 8.20. The summed E-state index contributed by atoms with van der Waals surface area (Å²) in [6, 6.07) is 11.4. The molecule has 3 rings (SSSR count). The first-order valence-electron chi connectivity index (χ1n) is 8.33. The fourth-order valence-corrected chi connectivity index (χ4v) is 3.92. The fraction of sp³-hybridized carbons (Fsp3) is 0.278. The Labute approximate surface area is 162 Å². The van der Waals surface area contributed by atoms with Crippen LogP contribution in [0.5, 0.6) is 11.5 Å². The van der Waals surface area contributed by atoms with E-state index in [1.54, 1.807) is 13.0 Å². The van der Waals surface area contributed by atoms with Crippen LogP contribution in [0.3, 0.4) is 0 Å². The van der Waals surface area contributed by atoms with E-state index in [2.05, 4.69) is 5.32 Å². The number of hydrogen-bond acceptors (Lipinski definition) is 6. The van der Waals surface area contributed by atoms with Gasteiger partial charge in [0.15, 0.2) is 11.5 Å². The first kappa shape index (κ1) is 19.5. The summed E-state index contributed by atoms with van der Waals surface area (Å²) in [7, 11) is -3.82. The lowest BCUT2D eigenvalue weighted by atomic mass is 10.3. The summed E-state index contributed by atoms with van der Waals surface area (Å²) >= 11 is 1.37. The second-order valence-corrected chi connectivity index (χ2v) is 8.96. The summed E-state index contributed by atoms with van der Waals surface area (Å²) in [4.78, 5) is 13.3. The molecule has 1 aliphatic heterocycles. The minimum absolute atomic E-state index is 0.0523. The number of benzene rings is 2. The van der Waals surface area contributed by atoms with Crippen LogP contribution in [0.4, 0.5) is 5.69 Å². The highest BCUT2D eigenvalue weighted by atomic mass is 32.2. The van der Waals surface area contributed by atoms with E-state index in [9.17, 15) is 13.2 Å². The highest BCUT2D eigenvalue weighted by Crippen LogP contribution is 2.35. The summed E-state index contributed by atoms with van der Waals surface area (Å²) in [6.45, 7) is 2.99. The molecule has 1 amide bonds. The average molecular weight is 409 g/mol. The average Bonchev–Trinajstić information content (AvgIpc) is 2.86. The highest BCUT2D eigenvalue weighted by Gasteiger charge is 2.18. The van der Waals surface area contributed by atoms with Crippen molar-refractivity contribution in [3.05, 3.63) is 42.5 Å². The third kappa shape index (κ3) is 5.15. The molecule has 0 bridgehead atoms. The third-order valence-electron chi connectivity index (χ3n) is 3.83. The molecule has 1 heterocycles. The highest BCUT2D eigenvalue weighted by molar-refractivity contribution is 8.00. The van der Waals surface area contributed by atoms with E-state index in [0.29, 0.717) is 30.4 Å². The quantitative estimate of drug-likeness (QED) is 0.737. The van der Waals surface area contributed by atoms with Gasteiger partial charge < -0.3 is 14.8 Å². The molecule has 1 aliphatic rings. The molecule has 2 aromatic rings. The summed E-state index contributed by atoms with van der Waals surface area (Å²) < 4.78 is 34.1. The Hall–Kier alpha value is -2.23. The van der Waals surface area contributed by atoms with Gasteiger partial charge >= 0.3 is 0 Å². The monoisotopic (exact) mass is 408 g/mol. The molecule has 2 aromatic carbocycles. The van der Waals surface area contributed by atoms with E-state index >= 15 is 0 Å². The van der Waals surface area contributed by atoms with Gasteiger partial charge in [-0.05, 0) is 43.3 Å². The van der Waals surface area contributed by atoms with E-state index in [4.69, 9.17) is 14.6 Å². The maximum atomic E-state index is 12.5. The van der Waals surface area contributed by atoms with Gasteiger partial charge in [-0.15, -0.1) is 11.8 Å². The molecule has 0 spiro atoms. The molecular formula is C18H20N2O5S2. The largest absolute Gasteiger partial charge is 0.490 e. The number of ether oxygens (including phenoxy) is 2. The molecule has 0 aliphatic carbocycles. The zero-order chi connectivity index (χ0) is 19.4. The first-order valence-corrected chi connectivity index (χ1v) is 10.8. The van der Waals surface area contributed by atoms with Gasteiger partial charge in [-0.3, -0.25) is 4.79 Å². The van der Waals surface area contributed by atoms with Gasteiger partial charge in [0.25, 0.3) is 0 Å². The van der Waals surface area contributed by atoms with Crippen LogP contribution in [-0.4, -0.2) is 32.8 Å². The Morgan fingerprint density at radius 1 is 1.15 bits per heavy atom. The van der Waals surface area contributed by atoms with Gasteiger partial charge in [0.05, 0.1) is 23.4 Å². The van der Waals surface area contributed by atoms with Crippen molar-refractivity contribution in [1.82, 2.24) is 0 Å². The molecule has 7 nitrogen and oxygen atoms in total. The van der Waals surface area contributed by atoms with Gasteiger partial charge in [-0.25, -0.2) is 13.6 Å². The minimum atomic E-state index is -3.82. The normalized spacial score (nSPS) is 14.9. The third-order valence-corrected chi connectivity index (χ3v) is 5.84. The molecule has 27 heavy (non-hydrogen) atoms. The number of primary sulfonamides is 1. The van der Waals surface area contributed by atoms with Crippen molar-refractivity contribution in [2.75, 3.05) is 18.5 Å². The van der Waals surface area contributed by atoms with Gasteiger partial charge in [-0.1, -0.05) is 6.07 Å².